The topological polar surface area (TPSA) is 44.8 Å². The second kappa shape index (κ2) is 2.12. The zero-order valence-corrected chi connectivity index (χ0v) is 5.41. The minimum absolute atomic E-state index is 0.0544. The third-order valence-electron chi connectivity index (χ3n) is 1.74. The van der Waals surface area contributed by atoms with Crippen molar-refractivity contribution in [3.63, 3.8) is 0 Å². The average molecular weight is 144 g/mol. The molecule has 0 aromatic rings. The summed E-state index contributed by atoms with van der Waals surface area (Å²) in [6.45, 7) is 1.15. The maximum absolute atomic E-state index is 10.5. The lowest BCUT2D eigenvalue weighted by molar-refractivity contribution is -0.0197. The summed E-state index contributed by atoms with van der Waals surface area (Å²) in [5.41, 5.74) is 0. The molecule has 0 spiro atoms. The molecule has 56 valence electrons. The molecular formula is C6H8O4. The van der Waals surface area contributed by atoms with Crippen LogP contribution in [-0.2, 0) is 14.2 Å². The minimum atomic E-state index is -0.555. The van der Waals surface area contributed by atoms with Crippen molar-refractivity contribution in [3.8, 4) is 0 Å². The number of carbonyl (C=O) groups excluding carboxylic acids is 1. The van der Waals surface area contributed by atoms with Crippen LogP contribution in [0.1, 0.15) is 6.42 Å². The fourth-order valence-electron chi connectivity index (χ4n) is 1.21. The summed E-state index contributed by atoms with van der Waals surface area (Å²) in [7, 11) is 0. The third kappa shape index (κ3) is 0.844. The van der Waals surface area contributed by atoms with Crippen LogP contribution in [0.2, 0.25) is 0 Å². The first-order valence-electron chi connectivity index (χ1n) is 3.31. The Morgan fingerprint density at radius 2 is 2.10 bits per heavy atom. The molecule has 2 rings (SSSR count). The van der Waals surface area contributed by atoms with Crippen molar-refractivity contribution < 1.29 is 19.0 Å². The Hall–Kier alpha value is -0.770. The normalized spacial score (nSPS) is 38.2. The highest BCUT2D eigenvalue weighted by Crippen LogP contribution is 2.21. The molecule has 2 aliphatic rings. The zero-order chi connectivity index (χ0) is 6.97. The molecule has 2 saturated heterocycles. The predicted molar refractivity (Wildman–Crippen MR) is 30.6 cm³/mol. The van der Waals surface area contributed by atoms with Crippen molar-refractivity contribution in [1.29, 1.82) is 0 Å². The maximum Gasteiger partial charge on any atom is 0.509 e. The fraction of sp³-hybridized carbons (Fsp3) is 0.833. The summed E-state index contributed by atoms with van der Waals surface area (Å²) < 4.78 is 14.7. The van der Waals surface area contributed by atoms with Crippen LogP contribution in [0.4, 0.5) is 4.79 Å². The van der Waals surface area contributed by atoms with E-state index in [2.05, 4.69) is 0 Å². The van der Waals surface area contributed by atoms with Crippen molar-refractivity contribution in [2.24, 2.45) is 0 Å². The molecule has 0 saturated carbocycles. The lowest BCUT2D eigenvalue weighted by atomic mass is 10.1. The van der Waals surface area contributed by atoms with Crippen LogP contribution in [0, 0.1) is 0 Å². The molecule has 0 radical (unpaired) electrons. The van der Waals surface area contributed by atoms with Gasteiger partial charge in [-0.25, -0.2) is 4.79 Å². The van der Waals surface area contributed by atoms with Crippen LogP contribution < -0.4 is 0 Å². The molecule has 2 atom stereocenters. The number of fused-ring (bicyclic) bond motifs is 1. The predicted octanol–water partition coefficient (Wildman–Crippen LogP) is 0.311. The Bertz CT molecular complexity index is 140. The Morgan fingerprint density at radius 3 is 2.90 bits per heavy atom. The van der Waals surface area contributed by atoms with Gasteiger partial charge in [0.05, 0.1) is 13.2 Å². The van der Waals surface area contributed by atoms with Gasteiger partial charge in [0, 0.05) is 6.42 Å². The largest absolute Gasteiger partial charge is 0.509 e. The van der Waals surface area contributed by atoms with Gasteiger partial charge in [0.1, 0.15) is 6.10 Å². The van der Waals surface area contributed by atoms with E-state index in [1.807, 2.05) is 0 Å². The van der Waals surface area contributed by atoms with E-state index in [1.165, 1.54) is 0 Å². The van der Waals surface area contributed by atoms with Gasteiger partial charge in [0.25, 0.3) is 0 Å². The summed E-state index contributed by atoms with van der Waals surface area (Å²) in [4.78, 5) is 10.5. The summed E-state index contributed by atoms with van der Waals surface area (Å²) in [5, 5.41) is 0. The zero-order valence-electron chi connectivity index (χ0n) is 5.41. The van der Waals surface area contributed by atoms with E-state index in [9.17, 15) is 4.79 Å². The molecule has 0 bridgehead atoms. The van der Waals surface area contributed by atoms with Gasteiger partial charge in [-0.1, -0.05) is 0 Å². The van der Waals surface area contributed by atoms with Crippen molar-refractivity contribution in [2.45, 2.75) is 18.6 Å². The molecule has 0 aromatic heterocycles. The molecule has 0 amide bonds. The van der Waals surface area contributed by atoms with Gasteiger partial charge in [0.15, 0.2) is 6.10 Å². The van der Waals surface area contributed by atoms with E-state index in [0.29, 0.717) is 13.2 Å². The van der Waals surface area contributed by atoms with Gasteiger partial charge in [-0.2, -0.15) is 0 Å². The first-order valence-corrected chi connectivity index (χ1v) is 3.31. The number of rotatable bonds is 0. The first-order chi connectivity index (χ1) is 4.86. The van der Waals surface area contributed by atoms with Crippen molar-refractivity contribution in [3.05, 3.63) is 0 Å². The molecule has 0 unspecified atom stereocenters. The lowest BCUT2D eigenvalue weighted by Gasteiger charge is -2.20. The number of hydrogen-bond donors (Lipinski definition) is 0. The summed E-state index contributed by atoms with van der Waals surface area (Å²) in [6, 6.07) is 0. The van der Waals surface area contributed by atoms with E-state index in [4.69, 9.17) is 14.2 Å². The monoisotopic (exact) mass is 144 g/mol. The molecule has 0 N–H and O–H groups in total. The smallest absolute Gasteiger partial charge is 0.427 e. The molecule has 2 aliphatic heterocycles. The molecule has 4 nitrogen and oxygen atoms in total. The van der Waals surface area contributed by atoms with Gasteiger partial charge in [0.2, 0.25) is 0 Å². The standard InChI is InChI=1S/C6H8O4/c7-6-9-4-1-2-8-3-5(4)10-6/h4-5H,1-3H2/t4-,5+/m1/s1. The number of ether oxygens (including phenoxy) is 3. The van der Waals surface area contributed by atoms with Gasteiger partial charge in [-0.05, 0) is 0 Å². The van der Waals surface area contributed by atoms with Crippen LogP contribution in [0.3, 0.4) is 0 Å². The average Bonchev–Trinajstić information content (AvgIpc) is 2.27. The molecule has 2 heterocycles. The number of hydrogen-bond acceptors (Lipinski definition) is 4. The van der Waals surface area contributed by atoms with Gasteiger partial charge in [-0.3, -0.25) is 0 Å². The summed E-state index contributed by atoms with van der Waals surface area (Å²) >= 11 is 0. The summed E-state index contributed by atoms with van der Waals surface area (Å²) in [5.74, 6) is 0. The lowest BCUT2D eigenvalue weighted by Crippen LogP contribution is -2.33. The molecule has 2 fully saturated rings. The molecular weight excluding hydrogens is 136 g/mol. The molecule has 0 aliphatic carbocycles. The van der Waals surface area contributed by atoms with Crippen molar-refractivity contribution in [2.75, 3.05) is 13.2 Å². The second-order valence-electron chi connectivity index (χ2n) is 2.43. The van der Waals surface area contributed by atoms with Gasteiger partial charge < -0.3 is 14.2 Å². The highest BCUT2D eigenvalue weighted by atomic mass is 16.8. The SMILES string of the molecule is O=C1O[C@H]2COCC[C@H]2O1. The molecule has 10 heavy (non-hydrogen) atoms. The number of carbonyl (C=O) groups is 1. The van der Waals surface area contributed by atoms with Gasteiger partial charge >= 0.3 is 6.16 Å². The fourth-order valence-corrected chi connectivity index (χ4v) is 1.21. The minimum Gasteiger partial charge on any atom is -0.427 e. The quantitative estimate of drug-likeness (QED) is 0.459. The Kier molecular flexibility index (Phi) is 1.27. The third-order valence-corrected chi connectivity index (χ3v) is 1.74. The molecule has 4 heteroatoms. The van der Waals surface area contributed by atoms with E-state index in [1.54, 1.807) is 0 Å². The van der Waals surface area contributed by atoms with Crippen LogP contribution in [0.5, 0.6) is 0 Å². The van der Waals surface area contributed by atoms with E-state index in [-0.39, 0.29) is 12.2 Å². The Labute approximate surface area is 58.1 Å². The Morgan fingerprint density at radius 1 is 1.30 bits per heavy atom. The second-order valence-corrected chi connectivity index (χ2v) is 2.43. The van der Waals surface area contributed by atoms with Gasteiger partial charge in [-0.15, -0.1) is 0 Å². The highest BCUT2D eigenvalue weighted by molar-refractivity contribution is 5.62. The van der Waals surface area contributed by atoms with Crippen molar-refractivity contribution in [1.82, 2.24) is 0 Å². The van der Waals surface area contributed by atoms with Crippen molar-refractivity contribution >= 4 is 6.16 Å². The summed E-state index contributed by atoms with van der Waals surface area (Å²) in [6.07, 6.45) is -0.000787. The van der Waals surface area contributed by atoms with Crippen LogP contribution in [0.25, 0.3) is 0 Å². The van der Waals surface area contributed by atoms with E-state index >= 15 is 0 Å². The molecule has 0 aromatic carbocycles. The first kappa shape index (κ1) is 5.97. The van der Waals surface area contributed by atoms with Crippen LogP contribution in [-0.4, -0.2) is 31.6 Å². The highest BCUT2D eigenvalue weighted by Gasteiger charge is 2.38. The van der Waals surface area contributed by atoms with E-state index in [0.717, 1.165) is 6.42 Å². The Balaban J connectivity index is 2.04. The maximum atomic E-state index is 10.5. The van der Waals surface area contributed by atoms with E-state index < -0.39 is 6.16 Å². The van der Waals surface area contributed by atoms with Crippen LogP contribution >= 0.6 is 0 Å². The van der Waals surface area contributed by atoms with Crippen LogP contribution in [0.15, 0.2) is 0 Å².